The lowest BCUT2D eigenvalue weighted by Gasteiger charge is -2.13. The van der Waals surface area contributed by atoms with Gasteiger partial charge in [-0.05, 0) is 83.2 Å². The summed E-state index contributed by atoms with van der Waals surface area (Å²) in [6, 6.07) is 6.19. The monoisotopic (exact) mass is 865 g/mol. The maximum Gasteiger partial charge on any atom is 0.335 e. The van der Waals surface area contributed by atoms with E-state index in [0.29, 0.717) is 70.9 Å². The molecule has 0 bridgehead atoms. The third-order valence-electron chi connectivity index (χ3n) is 9.63. The third kappa shape index (κ3) is 31.3. The maximum absolute atomic E-state index is 12.3. The fraction of sp³-hybridized carbons (Fsp3) is 0.705. The molecule has 1 rings (SSSR count). The molecule has 0 unspecified atom stereocenters. The first kappa shape index (κ1) is 54.7. The highest BCUT2D eigenvalue weighted by atomic mass is 16.5. The van der Waals surface area contributed by atoms with Crippen molar-refractivity contribution in [3.05, 3.63) is 29.8 Å². The Morgan fingerprint density at radius 2 is 1.16 bits per heavy atom. The van der Waals surface area contributed by atoms with E-state index in [0.717, 1.165) is 51.4 Å². The zero-order chi connectivity index (χ0) is 44.9. The molecule has 0 aromatic heterocycles. The SMILES string of the molecule is CN[C@@H](CCCCNC(=O)CC[C@H](CC(=O)COCCOCCCC(=O)COCCOCCNC(=O)CCCCCCCCCOc1ccc(C(=O)O)cc1)C(=O)O)C(C)=O. The van der Waals surface area contributed by atoms with Gasteiger partial charge in [0.2, 0.25) is 11.8 Å². The molecule has 1 aromatic carbocycles. The quantitative estimate of drug-likeness (QED) is 0.0575. The van der Waals surface area contributed by atoms with Crippen LogP contribution in [0.3, 0.4) is 0 Å². The summed E-state index contributed by atoms with van der Waals surface area (Å²) in [4.78, 5) is 82.4. The van der Waals surface area contributed by atoms with Crippen molar-refractivity contribution < 1.29 is 67.5 Å². The lowest BCUT2D eigenvalue weighted by molar-refractivity contribution is -0.144. The van der Waals surface area contributed by atoms with Gasteiger partial charge in [0.15, 0.2) is 11.6 Å². The summed E-state index contributed by atoms with van der Waals surface area (Å²) in [6.45, 7) is 4.23. The van der Waals surface area contributed by atoms with Gasteiger partial charge in [0.1, 0.15) is 24.7 Å². The van der Waals surface area contributed by atoms with Gasteiger partial charge in [0.05, 0.1) is 57.2 Å². The molecule has 0 heterocycles. The van der Waals surface area contributed by atoms with Gasteiger partial charge in [-0.3, -0.25) is 28.8 Å². The van der Waals surface area contributed by atoms with Gasteiger partial charge < -0.3 is 49.8 Å². The second kappa shape index (κ2) is 36.4. The van der Waals surface area contributed by atoms with Gasteiger partial charge in [-0.2, -0.15) is 0 Å². The highest BCUT2D eigenvalue weighted by Crippen LogP contribution is 2.15. The lowest BCUT2D eigenvalue weighted by Crippen LogP contribution is -2.32. The Kier molecular flexibility index (Phi) is 32.6. The van der Waals surface area contributed by atoms with Crippen molar-refractivity contribution in [2.45, 2.75) is 116 Å². The highest BCUT2D eigenvalue weighted by Gasteiger charge is 2.22. The van der Waals surface area contributed by atoms with Crippen molar-refractivity contribution in [2.24, 2.45) is 5.92 Å². The minimum Gasteiger partial charge on any atom is -0.494 e. The largest absolute Gasteiger partial charge is 0.494 e. The van der Waals surface area contributed by atoms with Crippen LogP contribution in [0, 0.1) is 5.92 Å². The number of ether oxygens (including phenoxy) is 5. The first-order valence-electron chi connectivity index (χ1n) is 21.7. The molecule has 0 aliphatic heterocycles. The van der Waals surface area contributed by atoms with Crippen molar-refractivity contribution in [1.82, 2.24) is 16.0 Å². The van der Waals surface area contributed by atoms with Crippen molar-refractivity contribution in [1.29, 1.82) is 0 Å². The number of amides is 2. The number of nitrogens with one attached hydrogen (secondary N) is 3. The maximum atomic E-state index is 12.3. The number of hydrogen-bond acceptors (Lipinski definition) is 13. The molecule has 0 saturated carbocycles. The van der Waals surface area contributed by atoms with Crippen LogP contribution in [0.4, 0.5) is 0 Å². The molecule has 0 aliphatic carbocycles. The van der Waals surface area contributed by atoms with E-state index >= 15 is 0 Å². The summed E-state index contributed by atoms with van der Waals surface area (Å²) in [5.74, 6) is -3.10. The van der Waals surface area contributed by atoms with E-state index in [1.807, 2.05) is 0 Å². The van der Waals surface area contributed by atoms with Crippen LogP contribution in [-0.4, -0.2) is 137 Å². The predicted molar refractivity (Wildman–Crippen MR) is 227 cm³/mol. The standard InChI is InChI=1S/C44H71N3O14/c1-34(48)40(45-2)14-9-10-22-46-42(52)21-18-36(44(55)56)31-38(50)33-60-29-27-57-24-12-13-37(49)32-59-30-28-58-26-23-47-41(51)15-8-6-4-3-5-7-11-25-61-39-19-16-35(17-20-39)43(53)54/h16-17,19-20,36,40,45H,3-15,18,21-33H2,1-2H3,(H,46,52)(H,47,51)(H,53,54)(H,55,56)/t36-,40+/m1/s1. The average molecular weight is 866 g/mol. The number of unbranched alkanes of at least 4 members (excludes halogenated alkanes) is 7. The number of ketones is 3. The fourth-order valence-corrected chi connectivity index (χ4v) is 6.05. The van der Waals surface area contributed by atoms with Crippen molar-refractivity contribution >= 4 is 41.1 Å². The number of carbonyl (C=O) groups is 7. The molecule has 0 fully saturated rings. The molecule has 61 heavy (non-hydrogen) atoms. The zero-order valence-electron chi connectivity index (χ0n) is 36.3. The number of aromatic carboxylic acids is 1. The molecule has 1 aromatic rings. The molecule has 0 saturated heterocycles. The van der Waals surface area contributed by atoms with Crippen LogP contribution in [0.1, 0.15) is 120 Å². The van der Waals surface area contributed by atoms with Crippen LogP contribution in [-0.2, 0) is 47.7 Å². The van der Waals surface area contributed by atoms with Crippen molar-refractivity contribution in [3.63, 3.8) is 0 Å². The second-order valence-electron chi connectivity index (χ2n) is 14.8. The molecule has 2 amide bonds. The number of Topliss-reactive ketones (excluding diaryl/α,β-unsaturated/α-hetero) is 3. The molecular weight excluding hydrogens is 794 g/mol. The van der Waals surface area contributed by atoms with Crippen molar-refractivity contribution in [2.75, 3.05) is 79.6 Å². The molecular formula is C44H71N3O14. The van der Waals surface area contributed by atoms with E-state index in [9.17, 15) is 38.7 Å². The summed E-state index contributed by atoms with van der Waals surface area (Å²) in [5, 5.41) is 27.0. The number of aliphatic carboxylic acids is 1. The predicted octanol–water partition coefficient (Wildman–Crippen LogP) is 4.32. The molecule has 346 valence electrons. The van der Waals surface area contributed by atoms with Gasteiger partial charge in [-0.15, -0.1) is 0 Å². The fourth-order valence-electron chi connectivity index (χ4n) is 6.05. The van der Waals surface area contributed by atoms with Crippen LogP contribution in [0.15, 0.2) is 24.3 Å². The minimum atomic E-state index is -1.15. The third-order valence-corrected chi connectivity index (χ3v) is 9.63. The number of carboxylic acid groups (broad SMARTS) is 2. The summed E-state index contributed by atoms with van der Waals surface area (Å²) in [6.07, 6.45) is 10.3. The Morgan fingerprint density at radius 3 is 1.80 bits per heavy atom. The number of hydrogen-bond donors (Lipinski definition) is 5. The van der Waals surface area contributed by atoms with E-state index < -0.39 is 17.9 Å². The molecule has 17 nitrogen and oxygen atoms in total. The normalized spacial score (nSPS) is 12.0. The number of likely N-dealkylation sites (N-methyl/N-ethyl adjacent to an activating group) is 1. The summed E-state index contributed by atoms with van der Waals surface area (Å²) in [7, 11) is 1.73. The molecule has 5 N–H and O–H groups in total. The van der Waals surface area contributed by atoms with E-state index in [-0.39, 0.29) is 99.5 Å². The topological polar surface area (TPSA) is 242 Å². The van der Waals surface area contributed by atoms with E-state index in [2.05, 4.69) is 16.0 Å². The van der Waals surface area contributed by atoms with Gasteiger partial charge in [-0.25, -0.2) is 4.79 Å². The Hall–Kier alpha value is -4.29. The smallest absolute Gasteiger partial charge is 0.335 e. The van der Waals surface area contributed by atoms with Crippen LogP contribution in [0.2, 0.25) is 0 Å². The first-order chi connectivity index (χ1) is 29.4. The van der Waals surface area contributed by atoms with E-state index in [1.165, 1.54) is 19.1 Å². The molecule has 0 spiro atoms. The summed E-state index contributed by atoms with van der Waals surface area (Å²) < 4.78 is 27.2. The highest BCUT2D eigenvalue weighted by molar-refractivity contribution is 5.87. The van der Waals surface area contributed by atoms with Gasteiger partial charge >= 0.3 is 11.9 Å². The Labute approximate surface area is 360 Å². The molecule has 17 heteroatoms. The Balaban J connectivity index is 1.89. The van der Waals surface area contributed by atoms with E-state index in [4.69, 9.17) is 28.8 Å². The molecule has 0 aliphatic rings. The van der Waals surface area contributed by atoms with Gasteiger partial charge in [-0.1, -0.05) is 32.1 Å². The van der Waals surface area contributed by atoms with Crippen LogP contribution in [0.25, 0.3) is 0 Å². The van der Waals surface area contributed by atoms with Crippen LogP contribution < -0.4 is 20.7 Å². The zero-order valence-corrected chi connectivity index (χ0v) is 36.3. The van der Waals surface area contributed by atoms with Crippen molar-refractivity contribution in [3.8, 4) is 5.75 Å². The van der Waals surface area contributed by atoms with Crippen LogP contribution in [0.5, 0.6) is 5.75 Å². The Bertz CT molecular complexity index is 1410. The number of benzene rings is 1. The second-order valence-corrected chi connectivity index (χ2v) is 14.8. The van der Waals surface area contributed by atoms with E-state index in [1.54, 1.807) is 19.2 Å². The first-order valence-corrected chi connectivity index (χ1v) is 21.7. The minimum absolute atomic E-state index is 0.00173. The number of carboxylic acids is 2. The van der Waals surface area contributed by atoms with Gasteiger partial charge in [0, 0.05) is 45.4 Å². The number of rotatable bonds is 42. The summed E-state index contributed by atoms with van der Waals surface area (Å²) in [5.41, 5.74) is 0.237. The Morgan fingerprint density at radius 1 is 0.574 bits per heavy atom. The molecule has 0 radical (unpaired) electrons. The summed E-state index contributed by atoms with van der Waals surface area (Å²) >= 11 is 0. The lowest BCUT2D eigenvalue weighted by atomic mass is 9.97. The van der Waals surface area contributed by atoms with Gasteiger partial charge in [0.25, 0.3) is 0 Å². The number of carbonyl (C=O) groups excluding carboxylic acids is 5. The van der Waals surface area contributed by atoms with Crippen LogP contribution >= 0.6 is 0 Å². The molecule has 2 atom stereocenters. The average Bonchev–Trinajstić information content (AvgIpc) is 3.23.